The largest absolute Gasteiger partial charge is 0.481 e. The Morgan fingerprint density at radius 1 is 1.08 bits per heavy atom. The lowest BCUT2D eigenvalue weighted by Crippen LogP contribution is -2.47. The van der Waals surface area contributed by atoms with Crippen molar-refractivity contribution < 1.29 is 33.0 Å². The smallest absolute Gasteiger partial charge is 0.328 e. The Labute approximate surface area is 151 Å². The summed E-state index contributed by atoms with van der Waals surface area (Å²) in [5, 5.41) is 2.51. The fourth-order valence-electron chi connectivity index (χ4n) is 2.05. The molecule has 1 N–H and O–H groups in total. The van der Waals surface area contributed by atoms with Gasteiger partial charge in [0.2, 0.25) is 0 Å². The van der Waals surface area contributed by atoms with Crippen molar-refractivity contribution in [1.29, 1.82) is 0 Å². The van der Waals surface area contributed by atoms with Crippen LogP contribution in [0.1, 0.15) is 33.6 Å². The van der Waals surface area contributed by atoms with Crippen molar-refractivity contribution in [2.24, 2.45) is 0 Å². The van der Waals surface area contributed by atoms with E-state index in [9.17, 15) is 18.8 Å². The van der Waals surface area contributed by atoms with E-state index in [4.69, 9.17) is 14.2 Å². The maximum Gasteiger partial charge on any atom is 0.328 e. The molecule has 0 spiro atoms. The highest BCUT2D eigenvalue weighted by molar-refractivity contribution is 5.87. The highest BCUT2D eigenvalue weighted by Gasteiger charge is 2.26. The maximum absolute atomic E-state index is 12.9. The van der Waals surface area contributed by atoms with Crippen LogP contribution in [0.25, 0.3) is 0 Å². The number of esters is 2. The molecule has 0 bridgehead atoms. The molecule has 0 unspecified atom stereocenters. The van der Waals surface area contributed by atoms with Gasteiger partial charge in [-0.05, 0) is 51.5 Å². The Balaban J connectivity index is 2.65. The zero-order valence-corrected chi connectivity index (χ0v) is 15.1. The lowest BCUT2D eigenvalue weighted by molar-refractivity contribution is -0.149. The molecule has 1 aromatic carbocycles. The summed E-state index contributed by atoms with van der Waals surface area (Å²) in [6.07, 6.45) is -0.919. The van der Waals surface area contributed by atoms with Gasteiger partial charge >= 0.3 is 11.9 Å². The van der Waals surface area contributed by atoms with Crippen LogP contribution in [0.2, 0.25) is 0 Å². The van der Waals surface area contributed by atoms with E-state index in [1.165, 1.54) is 31.2 Å². The van der Waals surface area contributed by atoms with E-state index in [-0.39, 0.29) is 26.1 Å². The number of amides is 1. The van der Waals surface area contributed by atoms with Gasteiger partial charge in [-0.3, -0.25) is 9.59 Å². The average Bonchev–Trinajstić information content (AvgIpc) is 2.60. The molecule has 2 atom stereocenters. The Morgan fingerprint density at radius 2 is 1.69 bits per heavy atom. The number of benzene rings is 1. The van der Waals surface area contributed by atoms with E-state index in [2.05, 4.69) is 5.32 Å². The SMILES string of the molecule is CCOC(=O)CC[C@H](NC(=O)[C@H](C)Oc1ccc(F)cc1)C(=O)OCC. The van der Waals surface area contributed by atoms with Crippen molar-refractivity contribution in [2.75, 3.05) is 13.2 Å². The Kier molecular flexibility index (Phi) is 9.11. The zero-order chi connectivity index (χ0) is 19.5. The summed E-state index contributed by atoms with van der Waals surface area (Å²) in [4.78, 5) is 35.7. The van der Waals surface area contributed by atoms with Crippen LogP contribution in [0.15, 0.2) is 24.3 Å². The van der Waals surface area contributed by atoms with Crippen LogP contribution in [0, 0.1) is 5.82 Å². The van der Waals surface area contributed by atoms with Crippen molar-refractivity contribution in [3.8, 4) is 5.75 Å². The highest BCUT2D eigenvalue weighted by Crippen LogP contribution is 2.13. The topological polar surface area (TPSA) is 90.9 Å². The van der Waals surface area contributed by atoms with Crippen LogP contribution < -0.4 is 10.1 Å². The third-order valence-corrected chi connectivity index (χ3v) is 3.33. The molecule has 0 heterocycles. The minimum atomic E-state index is -0.994. The molecule has 0 aliphatic carbocycles. The molecule has 0 radical (unpaired) electrons. The monoisotopic (exact) mass is 369 g/mol. The summed E-state index contributed by atoms with van der Waals surface area (Å²) < 4.78 is 28.0. The number of rotatable bonds is 10. The van der Waals surface area contributed by atoms with E-state index in [0.717, 1.165) is 0 Å². The molecule has 7 nitrogen and oxygen atoms in total. The predicted octanol–water partition coefficient (Wildman–Crippen LogP) is 1.98. The normalized spacial score (nSPS) is 12.6. The third-order valence-electron chi connectivity index (χ3n) is 3.33. The number of hydrogen-bond donors (Lipinski definition) is 1. The van der Waals surface area contributed by atoms with Gasteiger partial charge in [-0.1, -0.05) is 0 Å². The lowest BCUT2D eigenvalue weighted by atomic mass is 10.1. The number of halogens is 1. The first kappa shape index (κ1) is 21.4. The van der Waals surface area contributed by atoms with Crippen molar-refractivity contribution >= 4 is 17.8 Å². The molecule has 144 valence electrons. The summed E-state index contributed by atoms with van der Waals surface area (Å²) in [6.45, 7) is 5.19. The quantitative estimate of drug-likeness (QED) is 0.634. The van der Waals surface area contributed by atoms with Crippen LogP contribution >= 0.6 is 0 Å². The van der Waals surface area contributed by atoms with Gasteiger partial charge < -0.3 is 19.5 Å². The van der Waals surface area contributed by atoms with E-state index in [1.807, 2.05) is 0 Å². The number of nitrogens with one attached hydrogen (secondary N) is 1. The molecule has 0 saturated carbocycles. The second-order valence-corrected chi connectivity index (χ2v) is 5.37. The fourth-order valence-corrected chi connectivity index (χ4v) is 2.05. The van der Waals surface area contributed by atoms with E-state index in [1.54, 1.807) is 13.8 Å². The Morgan fingerprint density at radius 3 is 2.27 bits per heavy atom. The predicted molar refractivity (Wildman–Crippen MR) is 90.9 cm³/mol. The molecule has 0 fully saturated rings. The van der Waals surface area contributed by atoms with E-state index >= 15 is 0 Å². The molecule has 1 amide bonds. The van der Waals surface area contributed by atoms with Crippen LogP contribution in [0.4, 0.5) is 4.39 Å². The number of carbonyl (C=O) groups is 3. The van der Waals surface area contributed by atoms with Crippen LogP contribution in [0.5, 0.6) is 5.75 Å². The summed E-state index contributed by atoms with van der Waals surface area (Å²) in [6, 6.07) is 4.21. The van der Waals surface area contributed by atoms with Gasteiger partial charge in [-0.2, -0.15) is 0 Å². The summed E-state index contributed by atoms with van der Waals surface area (Å²) >= 11 is 0. The minimum Gasteiger partial charge on any atom is -0.481 e. The molecule has 0 aromatic heterocycles. The summed E-state index contributed by atoms with van der Waals surface area (Å²) in [7, 11) is 0. The van der Waals surface area contributed by atoms with Crippen molar-refractivity contribution in [3.63, 3.8) is 0 Å². The molecule has 0 saturated heterocycles. The number of ether oxygens (including phenoxy) is 3. The van der Waals surface area contributed by atoms with E-state index in [0.29, 0.717) is 5.75 Å². The zero-order valence-electron chi connectivity index (χ0n) is 15.1. The second kappa shape index (κ2) is 11.1. The Bertz CT molecular complexity index is 604. The minimum absolute atomic E-state index is 0.0369. The first-order valence-electron chi connectivity index (χ1n) is 8.42. The summed E-state index contributed by atoms with van der Waals surface area (Å²) in [5.41, 5.74) is 0. The van der Waals surface area contributed by atoms with Gasteiger partial charge in [0.05, 0.1) is 13.2 Å². The molecular weight excluding hydrogens is 345 g/mol. The highest BCUT2D eigenvalue weighted by atomic mass is 19.1. The van der Waals surface area contributed by atoms with Gasteiger partial charge in [-0.15, -0.1) is 0 Å². The van der Waals surface area contributed by atoms with Crippen molar-refractivity contribution in [2.45, 2.75) is 45.8 Å². The molecule has 0 aliphatic heterocycles. The average molecular weight is 369 g/mol. The van der Waals surface area contributed by atoms with Gasteiger partial charge in [-0.25, -0.2) is 9.18 Å². The fraction of sp³-hybridized carbons (Fsp3) is 0.500. The van der Waals surface area contributed by atoms with E-state index < -0.39 is 35.8 Å². The number of hydrogen-bond acceptors (Lipinski definition) is 6. The molecule has 8 heteroatoms. The molecule has 1 rings (SSSR count). The standard InChI is InChI=1S/C18H24FNO6/c1-4-24-16(21)11-10-15(18(23)25-5-2)20-17(22)12(3)26-14-8-6-13(19)7-9-14/h6-9,12,15H,4-5,10-11H2,1-3H3,(H,20,22)/t12-,15-/m0/s1. The first-order chi connectivity index (χ1) is 12.4. The van der Waals surface area contributed by atoms with Crippen LogP contribution in [-0.4, -0.2) is 43.2 Å². The second-order valence-electron chi connectivity index (χ2n) is 5.37. The molecular formula is C18H24FNO6. The third kappa shape index (κ3) is 7.50. The van der Waals surface area contributed by atoms with Crippen molar-refractivity contribution in [3.05, 3.63) is 30.1 Å². The van der Waals surface area contributed by atoms with Gasteiger partial charge in [0.15, 0.2) is 6.10 Å². The Hall–Kier alpha value is -2.64. The van der Waals surface area contributed by atoms with Gasteiger partial charge in [0, 0.05) is 6.42 Å². The molecule has 1 aromatic rings. The van der Waals surface area contributed by atoms with Crippen molar-refractivity contribution in [1.82, 2.24) is 5.32 Å². The van der Waals surface area contributed by atoms with Gasteiger partial charge in [0.1, 0.15) is 17.6 Å². The van der Waals surface area contributed by atoms with Crippen LogP contribution in [-0.2, 0) is 23.9 Å². The first-order valence-corrected chi connectivity index (χ1v) is 8.42. The maximum atomic E-state index is 12.9. The van der Waals surface area contributed by atoms with Gasteiger partial charge in [0.25, 0.3) is 5.91 Å². The van der Waals surface area contributed by atoms with Crippen LogP contribution in [0.3, 0.4) is 0 Å². The molecule has 0 aliphatic rings. The number of carbonyl (C=O) groups excluding carboxylic acids is 3. The lowest BCUT2D eigenvalue weighted by Gasteiger charge is -2.20. The molecule has 26 heavy (non-hydrogen) atoms. The summed E-state index contributed by atoms with van der Waals surface area (Å²) in [5.74, 6) is -1.77.